The molecule has 0 fully saturated rings. The molecule has 0 aliphatic carbocycles. The summed E-state index contributed by atoms with van der Waals surface area (Å²) in [6.45, 7) is 3.79. The first-order chi connectivity index (χ1) is 24.9. The van der Waals surface area contributed by atoms with E-state index in [1.54, 1.807) is 0 Å². The highest BCUT2D eigenvalue weighted by atomic mass is 16.6. The van der Waals surface area contributed by atoms with E-state index in [-0.39, 0.29) is 12.8 Å². The van der Waals surface area contributed by atoms with Crippen molar-refractivity contribution in [2.75, 3.05) is 13.7 Å². The molecular weight excluding hydrogens is 644 g/mol. The Labute approximate surface area is 313 Å². The van der Waals surface area contributed by atoms with Gasteiger partial charge in [-0.3, -0.25) is 9.59 Å². The Kier molecular flexibility index (Phi) is 37.1. The van der Waals surface area contributed by atoms with Crippen LogP contribution in [0.15, 0.2) is 0 Å². The molecule has 8 heteroatoms. The molecule has 0 aromatic rings. The van der Waals surface area contributed by atoms with Crippen molar-refractivity contribution in [1.82, 2.24) is 0 Å². The fraction of sp³-hybridized carbons (Fsp3) is 0.930. The molecule has 0 aromatic heterocycles. The Morgan fingerprint density at radius 2 is 0.765 bits per heavy atom. The number of rotatable bonds is 40. The molecule has 0 saturated carbocycles. The van der Waals surface area contributed by atoms with Crippen molar-refractivity contribution < 1.29 is 38.8 Å². The van der Waals surface area contributed by atoms with Crippen molar-refractivity contribution in [1.29, 1.82) is 0 Å². The smallest absolute Gasteiger partial charge is 0.306 e. The van der Waals surface area contributed by atoms with Gasteiger partial charge in [-0.1, -0.05) is 194 Å². The first-order valence-electron chi connectivity index (χ1n) is 21.6. The van der Waals surface area contributed by atoms with Crippen molar-refractivity contribution >= 4 is 18.2 Å². The molecule has 4 atom stereocenters. The Bertz CT molecular complexity index is 775. The lowest BCUT2D eigenvalue weighted by molar-refractivity contribution is -0.192. The van der Waals surface area contributed by atoms with E-state index in [9.17, 15) is 24.6 Å². The minimum atomic E-state index is -1.53. The van der Waals surface area contributed by atoms with E-state index in [0.29, 0.717) is 19.1 Å². The summed E-state index contributed by atoms with van der Waals surface area (Å²) in [7, 11) is 1.29. The summed E-state index contributed by atoms with van der Waals surface area (Å²) in [4.78, 5) is 37.3. The molecule has 0 heterocycles. The van der Waals surface area contributed by atoms with Crippen LogP contribution in [0.2, 0.25) is 0 Å². The zero-order valence-corrected chi connectivity index (χ0v) is 33.6. The first-order valence-corrected chi connectivity index (χ1v) is 21.6. The molecule has 0 rings (SSSR count). The fourth-order valence-corrected chi connectivity index (χ4v) is 6.76. The molecule has 0 aliphatic rings. The SMILES string of the molecule is CCCCCCCCCCCCCCCCCC(=O)O[C@@H]([C@H](OC(=O)CCCCCCCCCCCCCCCCC)[C@H](C=O)OC)[C@H](O)CO. The summed E-state index contributed by atoms with van der Waals surface area (Å²) in [5, 5.41) is 20.2. The average Bonchev–Trinajstić information content (AvgIpc) is 3.13. The Morgan fingerprint density at radius 1 is 0.490 bits per heavy atom. The number of esters is 2. The predicted molar refractivity (Wildman–Crippen MR) is 209 cm³/mol. The van der Waals surface area contributed by atoms with E-state index in [0.717, 1.165) is 38.5 Å². The lowest BCUT2D eigenvalue weighted by Crippen LogP contribution is -2.51. The van der Waals surface area contributed by atoms with Gasteiger partial charge in [0.15, 0.2) is 24.6 Å². The van der Waals surface area contributed by atoms with Crippen molar-refractivity contribution in [3.05, 3.63) is 0 Å². The maximum absolute atomic E-state index is 12.8. The lowest BCUT2D eigenvalue weighted by atomic mass is 10.0. The van der Waals surface area contributed by atoms with E-state index in [2.05, 4.69) is 13.8 Å². The Morgan fingerprint density at radius 3 is 1.02 bits per heavy atom. The zero-order chi connectivity index (χ0) is 37.6. The van der Waals surface area contributed by atoms with Crippen molar-refractivity contribution in [2.45, 2.75) is 244 Å². The van der Waals surface area contributed by atoms with Crippen LogP contribution in [0.5, 0.6) is 0 Å². The molecule has 0 unspecified atom stereocenters. The molecule has 51 heavy (non-hydrogen) atoms. The number of hydrogen-bond acceptors (Lipinski definition) is 8. The van der Waals surface area contributed by atoms with Gasteiger partial charge in [-0.2, -0.15) is 0 Å². The highest BCUT2D eigenvalue weighted by Gasteiger charge is 2.40. The third kappa shape index (κ3) is 30.6. The second-order valence-electron chi connectivity index (χ2n) is 14.9. The molecule has 0 radical (unpaired) electrons. The summed E-state index contributed by atoms with van der Waals surface area (Å²) in [5.41, 5.74) is 0. The van der Waals surface area contributed by atoms with Crippen LogP contribution in [-0.2, 0) is 28.6 Å². The van der Waals surface area contributed by atoms with Gasteiger partial charge in [-0.05, 0) is 12.8 Å². The highest BCUT2D eigenvalue weighted by Crippen LogP contribution is 2.20. The first kappa shape index (κ1) is 49.5. The van der Waals surface area contributed by atoms with Crippen LogP contribution in [0.3, 0.4) is 0 Å². The normalized spacial score (nSPS) is 13.8. The van der Waals surface area contributed by atoms with Gasteiger partial charge in [0.2, 0.25) is 0 Å². The summed E-state index contributed by atoms with van der Waals surface area (Å²) in [6, 6.07) is 0. The van der Waals surface area contributed by atoms with Crippen LogP contribution in [0.4, 0.5) is 0 Å². The number of aldehydes is 1. The predicted octanol–water partition coefficient (Wildman–Crippen LogP) is 10.9. The molecule has 0 aromatic carbocycles. The van der Waals surface area contributed by atoms with Crippen molar-refractivity contribution in [2.24, 2.45) is 0 Å². The minimum Gasteiger partial charge on any atom is -0.455 e. The van der Waals surface area contributed by atoms with Crippen molar-refractivity contribution in [3.63, 3.8) is 0 Å². The summed E-state index contributed by atoms with van der Waals surface area (Å²) in [6.07, 6.45) is 31.9. The molecule has 2 N–H and O–H groups in total. The third-order valence-corrected chi connectivity index (χ3v) is 10.1. The molecule has 0 amide bonds. The summed E-state index contributed by atoms with van der Waals surface area (Å²) in [5.74, 6) is -1.11. The van der Waals surface area contributed by atoms with Gasteiger partial charge in [0.05, 0.1) is 6.61 Å². The van der Waals surface area contributed by atoms with E-state index in [1.165, 1.54) is 148 Å². The summed E-state index contributed by atoms with van der Waals surface area (Å²) >= 11 is 0. The van der Waals surface area contributed by atoms with Crippen molar-refractivity contribution in [3.8, 4) is 0 Å². The Balaban J connectivity index is 4.32. The van der Waals surface area contributed by atoms with Gasteiger partial charge >= 0.3 is 11.9 Å². The quantitative estimate of drug-likeness (QED) is 0.0364. The Hall–Kier alpha value is -1.51. The average molecular weight is 727 g/mol. The monoisotopic (exact) mass is 727 g/mol. The number of ether oxygens (including phenoxy) is 3. The van der Waals surface area contributed by atoms with Crippen LogP contribution in [0, 0.1) is 0 Å². The molecule has 0 aliphatic heterocycles. The zero-order valence-electron chi connectivity index (χ0n) is 33.6. The van der Waals surface area contributed by atoms with Gasteiger partial charge in [-0.15, -0.1) is 0 Å². The number of aliphatic hydroxyl groups excluding tert-OH is 2. The molecule has 0 saturated heterocycles. The van der Waals surface area contributed by atoms with E-state index in [1.807, 2.05) is 0 Å². The number of unbranched alkanes of at least 4 members (excludes halogenated alkanes) is 28. The third-order valence-electron chi connectivity index (χ3n) is 10.1. The topological polar surface area (TPSA) is 119 Å². The number of carbonyl (C=O) groups excluding carboxylic acids is 3. The van der Waals surface area contributed by atoms with E-state index in [4.69, 9.17) is 14.2 Å². The molecule has 302 valence electrons. The highest BCUT2D eigenvalue weighted by molar-refractivity contribution is 5.71. The van der Waals surface area contributed by atoms with Crippen LogP contribution < -0.4 is 0 Å². The summed E-state index contributed by atoms with van der Waals surface area (Å²) < 4.78 is 16.3. The van der Waals surface area contributed by atoms with E-state index < -0.39 is 43.0 Å². The van der Waals surface area contributed by atoms with Gasteiger partial charge in [0.1, 0.15) is 6.10 Å². The molecule has 0 spiro atoms. The standard InChI is InChI=1S/C43H82O8/c1-4-6-8-10-12-14-16-18-20-22-24-26-28-30-32-34-40(47)50-42(38(46)36-44)43(39(37-45)49-3)51-41(48)35-33-31-29-27-25-23-21-19-17-15-13-11-9-7-5-2/h37-39,42-44,46H,4-36H2,1-3H3/t38-,39+,42-,43-/m1/s1. The van der Waals surface area contributed by atoms with E-state index >= 15 is 0 Å². The van der Waals surface area contributed by atoms with Gasteiger partial charge in [0.25, 0.3) is 0 Å². The largest absolute Gasteiger partial charge is 0.455 e. The molecular formula is C43H82O8. The number of hydrogen-bond donors (Lipinski definition) is 2. The van der Waals surface area contributed by atoms with Gasteiger partial charge < -0.3 is 29.2 Å². The van der Waals surface area contributed by atoms with Crippen LogP contribution in [-0.4, -0.2) is 66.6 Å². The maximum atomic E-state index is 12.8. The lowest BCUT2D eigenvalue weighted by Gasteiger charge is -2.32. The second-order valence-corrected chi connectivity index (χ2v) is 14.9. The number of carbonyl (C=O) groups is 3. The molecule has 0 bridgehead atoms. The molecule has 8 nitrogen and oxygen atoms in total. The minimum absolute atomic E-state index is 0.144. The van der Waals surface area contributed by atoms with Crippen LogP contribution in [0.1, 0.15) is 219 Å². The van der Waals surface area contributed by atoms with Gasteiger partial charge in [0, 0.05) is 20.0 Å². The van der Waals surface area contributed by atoms with Gasteiger partial charge in [-0.25, -0.2) is 0 Å². The fourth-order valence-electron chi connectivity index (χ4n) is 6.76. The number of methoxy groups -OCH3 is 1. The second kappa shape index (κ2) is 38.2. The van der Waals surface area contributed by atoms with Crippen LogP contribution in [0.25, 0.3) is 0 Å². The maximum Gasteiger partial charge on any atom is 0.306 e. The number of aliphatic hydroxyl groups is 2. The van der Waals surface area contributed by atoms with Crippen LogP contribution >= 0.6 is 0 Å².